The molecule has 14 heavy (non-hydrogen) atoms. The Bertz CT molecular complexity index is 254. The lowest BCUT2D eigenvalue weighted by Crippen LogP contribution is -2.40. The Morgan fingerprint density at radius 1 is 1.50 bits per heavy atom. The first-order valence-corrected chi connectivity index (χ1v) is 5.46. The number of hydrogen-bond acceptors (Lipinski definition) is 2. The molecule has 0 unspecified atom stereocenters. The van der Waals surface area contributed by atoms with E-state index < -0.39 is 10.3 Å². The highest BCUT2D eigenvalue weighted by atomic mass is 35.5. The Morgan fingerprint density at radius 2 is 2.07 bits per heavy atom. The summed E-state index contributed by atoms with van der Waals surface area (Å²) in [6.07, 6.45) is 3.16. The molecule has 1 amide bonds. The number of nitrogens with one attached hydrogen (secondary N) is 1. The summed E-state index contributed by atoms with van der Waals surface area (Å²) in [4.78, 5) is 11.0. The highest BCUT2D eigenvalue weighted by Crippen LogP contribution is 2.37. The van der Waals surface area contributed by atoms with Crippen LogP contribution in [-0.4, -0.2) is 17.3 Å². The number of nitriles is 1. The second-order valence-corrected chi connectivity index (χ2v) is 4.78. The van der Waals surface area contributed by atoms with Gasteiger partial charge < -0.3 is 5.32 Å². The molecule has 0 aromatic carbocycles. The average molecular weight is 235 g/mol. The molecule has 5 heteroatoms. The molecule has 1 N–H and O–H groups in total. The molecular weight excluding hydrogens is 223 g/mol. The lowest BCUT2D eigenvalue weighted by molar-refractivity contribution is -0.127. The first-order valence-electron chi connectivity index (χ1n) is 4.58. The minimum Gasteiger partial charge on any atom is -0.352 e. The van der Waals surface area contributed by atoms with Gasteiger partial charge in [-0.05, 0) is 12.8 Å². The van der Waals surface area contributed by atoms with Crippen molar-refractivity contribution in [3.8, 4) is 6.07 Å². The molecule has 0 radical (unpaired) electrons. The second kappa shape index (κ2) is 4.86. The molecule has 1 fully saturated rings. The highest BCUT2D eigenvalue weighted by Gasteiger charge is 2.41. The zero-order valence-electron chi connectivity index (χ0n) is 7.72. The van der Waals surface area contributed by atoms with Crippen LogP contribution in [0.1, 0.15) is 25.7 Å². The zero-order chi connectivity index (χ0) is 10.6. The largest absolute Gasteiger partial charge is 0.352 e. The van der Waals surface area contributed by atoms with Crippen LogP contribution in [0.15, 0.2) is 0 Å². The molecule has 78 valence electrons. The van der Waals surface area contributed by atoms with Gasteiger partial charge in [-0.15, -0.1) is 23.2 Å². The number of carbonyl (C=O) groups is 1. The van der Waals surface area contributed by atoms with Gasteiger partial charge in [-0.3, -0.25) is 4.79 Å². The zero-order valence-corrected chi connectivity index (χ0v) is 9.24. The summed E-state index contributed by atoms with van der Waals surface area (Å²) in [6.45, 7) is 0.200. The summed E-state index contributed by atoms with van der Waals surface area (Å²) in [5.74, 6) is -0.233. The van der Waals surface area contributed by atoms with Crippen LogP contribution in [0, 0.1) is 16.7 Å². The number of rotatable bonds is 3. The molecule has 0 saturated heterocycles. The van der Waals surface area contributed by atoms with E-state index in [9.17, 15) is 4.79 Å². The van der Waals surface area contributed by atoms with Crippen molar-refractivity contribution < 1.29 is 4.79 Å². The second-order valence-electron chi connectivity index (χ2n) is 3.50. The van der Waals surface area contributed by atoms with E-state index in [1.54, 1.807) is 0 Å². The predicted molar refractivity (Wildman–Crippen MR) is 55.0 cm³/mol. The molecule has 1 aliphatic rings. The summed E-state index contributed by atoms with van der Waals surface area (Å²) in [5.41, 5.74) is -0.831. The van der Waals surface area contributed by atoms with Crippen molar-refractivity contribution in [3.05, 3.63) is 0 Å². The van der Waals surface area contributed by atoms with Gasteiger partial charge in [0.1, 0.15) is 10.3 Å². The van der Waals surface area contributed by atoms with Crippen molar-refractivity contribution >= 4 is 29.1 Å². The SMILES string of the molecule is N#CC1(C(=O)NCC(Cl)Cl)CCCC1. The van der Waals surface area contributed by atoms with Crippen LogP contribution in [0.25, 0.3) is 0 Å². The number of hydrogen-bond donors (Lipinski definition) is 1. The van der Waals surface area contributed by atoms with E-state index in [0.717, 1.165) is 12.8 Å². The first kappa shape index (κ1) is 11.6. The van der Waals surface area contributed by atoms with E-state index in [2.05, 4.69) is 11.4 Å². The topological polar surface area (TPSA) is 52.9 Å². The van der Waals surface area contributed by atoms with Gasteiger partial charge >= 0.3 is 0 Å². The number of amides is 1. The van der Waals surface area contributed by atoms with Crippen LogP contribution in [0.5, 0.6) is 0 Å². The van der Waals surface area contributed by atoms with Crippen molar-refractivity contribution in [2.45, 2.75) is 30.5 Å². The minimum absolute atomic E-state index is 0.200. The number of carbonyl (C=O) groups excluding carboxylic acids is 1. The summed E-state index contributed by atoms with van der Waals surface area (Å²) < 4.78 is 0. The molecule has 0 aromatic rings. The maximum absolute atomic E-state index is 11.7. The molecule has 0 aromatic heterocycles. The van der Waals surface area contributed by atoms with Crippen LogP contribution in [0.4, 0.5) is 0 Å². The monoisotopic (exact) mass is 234 g/mol. The lowest BCUT2D eigenvalue weighted by atomic mass is 9.87. The molecule has 0 atom stereocenters. The fraction of sp³-hybridized carbons (Fsp3) is 0.778. The average Bonchev–Trinajstić information content (AvgIpc) is 2.63. The molecule has 3 nitrogen and oxygen atoms in total. The smallest absolute Gasteiger partial charge is 0.240 e. The van der Waals surface area contributed by atoms with Crippen molar-refractivity contribution in [1.82, 2.24) is 5.32 Å². The van der Waals surface area contributed by atoms with Gasteiger partial charge in [0.05, 0.1) is 6.07 Å². The third-order valence-electron chi connectivity index (χ3n) is 2.52. The standard InChI is InChI=1S/C9H12Cl2N2O/c10-7(11)5-13-8(14)9(6-12)3-1-2-4-9/h7H,1-5H2,(H,13,14). The molecule has 0 heterocycles. The van der Waals surface area contributed by atoms with Gasteiger partial charge in [-0.25, -0.2) is 0 Å². The Balaban J connectivity index is 2.53. The summed E-state index contributed by atoms with van der Waals surface area (Å²) in [7, 11) is 0. The van der Waals surface area contributed by atoms with E-state index >= 15 is 0 Å². The Labute approximate surface area is 93.4 Å². The molecule has 0 aliphatic heterocycles. The van der Waals surface area contributed by atoms with Crippen LogP contribution in [0.2, 0.25) is 0 Å². The van der Waals surface area contributed by atoms with E-state index in [4.69, 9.17) is 28.5 Å². The van der Waals surface area contributed by atoms with Crippen molar-refractivity contribution in [2.75, 3.05) is 6.54 Å². The Hall–Kier alpha value is -0.460. The van der Waals surface area contributed by atoms with Gasteiger partial charge in [-0.2, -0.15) is 5.26 Å². The molecule has 1 saturated carbocycles. The van der Waals surface area contributed by atoms with Crippen molar-refractivity contribution in [3.63, 3.8) is 0 Å². The third-order valence-corrected chi connectivity index (χ3v) is 2.83. The Kier molecular flexibility index (Phi) is 4.03. The van der Waals surface area contributed by atoms with Crippen molar-refractivity contribution in [2.24, 2.45) is 5.41 Å². The quantitative estimate of drug-likeness (QED) is 0.760. The summed E-state index contributed by atoms with van der Waals surface area (Å²) >= 11 is 11.0. The first-order chi connectivity index (χ1) is 6.60. The van der Waals surface area contributed by atoms with Gasteiger partial charge in [0.25, 0.3) is 0 Å². The highest BCUT2D eigenvalue weighted by molar-refractivity contribution is 6.44. The van der Waals surface area contributed by atoms with E-state index in [1.807, 2.05) is 0 Å². The summed E-state index contributed by atoms with van der Waals surface area (Å²) in [6, 6.07) is 2.10. The fourth-order valence-corrected chi connectivity index (χ4v) is 1.86. The van der Waals surface area contributed by atoms with Crippen LogP contribution in [0.3, 0.4) is 0 Å². The number of alkyl halides is 2. The summed E-state index contributed by atoms with van der Waals surface area (Å²) in [5, 5.41) is 11.6. The maximum atomic E-state index is 11.7. The van der Waals surface area contributed by atoms with Gasteiger partial charge in [0.15, 0.2) is 0 Å². The van der Waals surface area contributed by atoms with E-state index in [0.29, 0.717) is 12.8 Å². The molecule has 0 bridgehead atoms. The molecular formula is C9H12Cl2N2O. The number of nitrogens with zero attached hydrogens (tertiary/aromatic N) is 1. The van der Waals surface area contributed by atoms with Crippen LogP contribution >= 0.6 is 23.2 Å². The van der Waals surface area contributed by atoms with E-state index in [-0.39, 0.29) is 12.5 Å². The van der Waals surface area contributed by atoms with Crippen molar-refractivity contribution in [1.29, 1.82) is 5.26 Å². The lowest BCUT2D eigenvalue weighted by Gasteiger charge is -2.19. The van der Waals surface area contributed by atoms with Crippen LogP contribution < -0.4 is 5.32 Å². The normalized spacial score (nSPS) is 19.3. The van der Waals surface area contributed by atoms with Crippen LogP contribution in [-0.2, 0) is 4.79 Å². The number of halogens is 2. The maximum Gasteiger partial charge on any atom is 0.240 e. The molecule has 1 rings (SSSR count). The molecule has 1 aliphatic carbocycles. The Morgan fingerprint density at radius 3 is 2.50 bits per heavy atom. The fourth-order valence-electron chi connectivity index (χ4n) is 1.71. The van der Waals surface area contributed by atoms with E-state index in [1.165, 1.54) is 0 Å². The van der Waals surface area contributed by atoms with Gasteiger partial charge in [0, 0.05) is 6.54 Å². The third kappa shape index (κ3) is 2.52. The predicted octanol–water partition coefficient (Wildman–Crippen LogP) is 1.99. The minimum atomic E-state index is -0.831. The van der Waals surface area contributed by atoms with Gasteiger partial charge in [0.2, 0.25) is 5.91 Å². The van der Waals surface area contributed by atoms with Gasteiger partial charge in [-0.1, -0.05) is 12.8 Å². The molecule has 0 spiro atoms.